The van der Waals surface area contributed by atoms with E-state index in [4.69, 9.17) is 9.47 Å². The van der Waals surface area contributed by atoms with Gasteiger partial charge in [0.25, 0.3) is 0 Å². The Morgan fingerprint density at radius 1 is 0.900 bits per heavy atom. The van der Waals surface area contributed by atoms with Crippen LogP contribution in [0.5, 0.6) is 11.5 Å². The number of hydrogen-bond donors (Lipinski definition) is 0. The summed E-state index contributed by atoms with van der Waals surface area (Å²) >= 11 is 0. The Kier molecular flexibility index (Phi) is 5.56. The first-order chi connectivity index (χ1) is 14.6. The summed E-state index contributed by atoms with van der Waals surface area (Å²) in [7, 11) is 1.56. The molecule has 2 aromatic carbocycles. The highest BCUT2D eigenvalue weighted by Crippen LogP contribution is 2.23. The average Bonchev–Trinajstić information content (AvgIpc) is 3.10. The molecule has 0 saturated carbocycles. The summed E-state index contributed by atoms with van der Waals surface area (Å²) in [6.45, 7) is 2.69. The largest absolute Gasteiger partial charge is 0.489 e. The van der Waals surface area contributed by atoms with E-state index in [1.807, 2.05) is 61.5 Å². The van der Waals surface area contributed by atoms with Crippen molar-refractivity contribution in [2.24, 2.45) is 7.05 Å². The fourth-order valence-electron chi connectivity index (χ4n) is 2.99. The molecule has 152 valence electrons. The zero-order chi connectivity index (χ0) is 20.9. The van der Waals surface area contributed by atoms with E-state index in [2.05, 4.69) is 15.4 Å². The zero-order valence-electron chi connectivity index (χ0n) is 16.7. The molecular formula is C22H21N5O3. The van der Waals surface area contributed by atoms with Crippen LogP contribution in [0.15, 0.2) is 71.8 Å². The lowest BCUT2D eigenvalue weighted by molar-refractivity contribution is 0.289. The van der Waals surface area contributed by atoms with Crippen LogP contribution in [-0.4, -0.2) is 24.8 Å². The predicted molar refractivity (Wildman–Crippen MR) is 111 cm³/mol. The fourth-order valence-corrected chi connectivity index (χ4v) is 2.99. The number of rotatable bonds is 7. The van der Waals surface area contributed by atoms with Gasteiger partial charge in [-0.2, -0.15) is 9.36 Å². The monoisotopic (exact) mass is 403 g/mol. The summed E-state index contributed by atoms with van der Waals surface area (Å²) in [6, 6.07) is 17.0. The van der Waals surface area contributed by atoms with Gasteiger partial charge in [-0.05, 0) is 58.8 Å². The van der Waals surface area contributed by atoms with Gasteiger partial charge < -0.3 is 9.47 Å². The molecule has 0 fully saturated rings. The average molecular weight is 403 g/mol. The maximum atomic E-state index is 12.3. The van der Waals surface area contributed by atoms with Crippen LogP contribution >= 0.6 is 0 Å². The van der Waals surface area contributed by atoms with Crippen LogP contribution in [0.25, 0.3) is 5.69 Å². The maximum Gasteiger partial charge on any atom is 0.368 e. The number of benzene rings is 2. The molecule has 0 atom stereocenters. The molecule has 0 unspecified atom stereocenters. The normalized spacial score (nSPS) is 10.7. The maximum absolute atomic E-state index is 12.3. The molecule has 0 bridgehead atoms. The summed E-state index contributed by atoms with van der Waals surface area (Å²) in [5, 5.41) is 7.74. The minimum atomic E-state index is -0.312. The van der Waals surface area contributed by atoms with Crippen LogP contribution < -0.4 is 15.2 Å². The van der Waals surface area contributed by atoms with Gasteiger partial charge in [-0.1, -0.05) is 18.2 Å². The van der Waals surface area contributed by atoms with Crippen LogP contribution in [0.2, 0.25) is 0 Å². The smallest absolute Gasteiger partial charge is 0.368 e. The van der Waals surface area contributed by atoms with Crippen LogP contribution in [0, 0.1) is 6.92 Å². The lowest BCUT2D eigenvalue weighted by Gasteiger charge is -2.14. The molecule has 0 saturated heterocycles. The van der Waals surface area contributed by atoms with Crippen molar-refractivity contribution in [2.45, 2.75) is 20.1 Å². The van der Waals surface area contributed by atoms with E-state index < -0.39 is 0 Å². The van der Waals surface area contributed by atoms with Crippen molar-refractivity contribution in [1.82, 2.24) is 24.8 Å². The third-order valence-electron chi connectivity index (χ3n) is 4.68. The highest BCUT2D eigenvalue weighted by atomic mass is 16.5. The topological polar surface area (TPSA) is 84.1 Å². The van der Waals surface area contributed by atoms with E-state index in [-0.39, 0.29) is 12.3 Å². The number of hydrogen-bond acceptors (Lipinski definition) is 6. The summed E-state index contributed by atoms with van der Waals surface area (Å²) in [6.07, 6.45) is 3.47. The molecule has 8 nitrogen and oxygen atoms in total. The van der Waals surface area contributed by atoms with E-state index >= 15 is 0 Å². The van der Waals surface area contributed by atoms with E-state index in [1.165, 1.54) is 9.36 Å². The Labute approximate surface area is 173 Å². The molecule has 4 rings (SSSR count). The molecule has 0 aliphatic heterocycles. The van der Waals surface area contributed by atoms with Gasteiger partial charge in [-0.25, -0.2) is 4.79 Å². The van der Waals surface area contributed by atoms with E-state index in [0.717, 1.165) is 16.7 Å². The second kappa shape index (κ2) is 8.60. The fraction of sp³-hybridized carbons (Fsp3) is 0.182. The van der Waals surface area contributed by atoms with Gasteiger partial charge in [0, 0.05) is 31.1 Å². The van der Waals surface area contributed by atoms with Crippen molar-refractivity contribution in [1.29, 1.82) is 0 Å². The van der Waals surface area contributed by atoms with Gasteiger partial charge in [-0.3, -0.25) is 4.98 Å². The minimum Gasteiger partial charge on any atom is -0.489 e. The Morgan fingerprint density at radius 3 is 2.30 bits per heavy atom. The molecule has 0 N–H and O–H groups in total. The third-order valence-corrected chi connectivity index (χ3v) is 4.68. The Balaban J connectivity index is 1.50. The number of aryl methyl sites for hydroxylation is 2. The number of nitrogens with zero attached hydrogens (tertiary/aromatic N) is 5. The predicted octanol–water partition coefficient (Wildman–Crippen LogP) is 2.83. The minimum absolute atomic E-state index is 0.277. The van der Waals surface area contributed by atoms with E-state index in [0.29, 0.717) is 23.8 Å². The molecule has 0 aliphatic rings. The van der Waals surface area contributed by atoms with Crippen molar-refractivity contribution in [2.75, 3.05) is 0 Å². The Morgan fingerprint density at radius 2 is 1.60 bits per heavy atom. The van der Waals surface area contributed by atoms with Crippen LogP contribution in [0.3, 0.4) is 0 Å². The van der Waals surface area contributed by atoms with Gasteiger partial charge in [0.1, 0.15) is 24.7 Å². The van der Waals surface area contributed by atoms with Crippen molar-refractivity contribution < 1.29 is 9.47 Å². The second-order valence-corrected chi connectivity index (χ2v) is 6.78. The van der Waals surface area contributed by atoms with Crippen molar-refractivity contribution >= 4 is 0 Å². The molecule has 2 aromatic heterocycles. The molecule has 0 spiro atoms. The molecular weight excluding hydrogens is 382 g/mol. The van der Waals surface area contributed by atoms with Gasteiger partial charge in [-0.15, -0.1) is 0 Å². The highest BCUT2D eigenvalue weighted by molar-refractivity contribution is 5.45. The first-order valence-electron chi connectivity index (χ1n) is 9.44. The summed E-state index contributed by atoms with van der Waals surface area (Å²) in [5.74, 6) is 1.38. The van der Waals surface area contributed by atoms with Crippen LogP contribution in [-0.2, 0) is 20.3 Å². The lowest BCUT2D eigenvalue weighted by atomic mass is 10.1. The number of ether oxygens (including phenoxy) is 2. The van der Waals surface area contributed by atoms with Crippen LogP contribution in [0.1, 0.15) is 16.7 Å². The molecule has 30 heavy (non-hydrogen) atoms. The van der Waals surface area contributed by atoms with Gasteiger partial charge >= 0.3 is 5.69 Å². The zero-order valence-corrected chi connectivity index (χ0v) is 16.7. The number of tetrazole rings is 1. The van der Waals surface area contributed by atoms with Crippen molar-refractivity contribution in [3.63, 3.8) is 0 Å². The molecule has 4 aromatic rings. The molecule has 2 heterocycles. The third kappa shape index (κ3) is 4.22. The SMILES string of the molecule is Cc1cccc(-n2nnn(C)c2=O)c1COc1cccc(OCc2ccncc2)c1. The molecule has 8 heteroatoms. The number of pyridine rings is 1. The van der Waals surface area contributed by atoms with Crippen LogP contribution in [0.4, 0.5) is 0 Å². The van der Waals surface area contributed by atoms with Crippen molar-refractivity contribution in [3.05, 3.63) is 94.2 Å². The highest BCUT2D eigenvalue weighted by Gasteiger charge is 2.13. The quantitative estimate of drug-likeness (QED) is 0.472. The van der Waals surface area contributed by atoms with Gasteiger partial charge in [0.2, 0.25) is 0 Å². The second-order valence-electron chi connectivity index (χ2n) is 6.78. The lowest BCUT2D eigenvalue weighted by Crippen LogP contribution is -2.23. The Hall–Kier alpha value is -3.94. The number of aromatic nitrogens is 5. The summed E-state index contributed by atoms with van der Waals surface area (Å²) < 4.78 is 14.3. The first kappa shape index (κ1) is 19.4. The van der Waals surface area contributed by atoms with E-state index in [9.17, 15) is 4.79 Å². The first-order valence-corrected chi connectivity index (χ1v) is 9.44. The molecule has 0 aliphatic carbocycles. The van der Waals surface area contributed by atoms with Gasteiger partial charge in [0.15, 0.2) is 0 Å². The standard InChI is InChI=1S/C22H21N5O3/c1-16-5-3-8-21(27-22(28)26(2)24-25-27)20(16)15-30-19-7-4-6-18(13-19)29-14-17-9-11-23-12-10-17/h3-13H,14-15H2,1-2H3. The molecule has 0 radical (unpaired) electrons. The summed E-state index contributed by atoms with van der Waals surface area (Å²) in [5.41, 5.74) is 3.24. The Bertz CT molecular complexity index is 1200. The van der Waals surface area contributed by atoms with Crippen molar-refractivity contribution in [3.8, 4) is 17.2 Å². The summed E-state index contributed by atoms with van der Waals surface area (Å²) in [4.78, 5) is 16.3. The van der Waals surface area contributed by atoms with Gasteiger partial charge in [0.05, 0.1) is 5.69 Å². The molecule has 0 amide bonds. The van der Waals surface area contributed by atoms with E-state index in [1.54, 1.807) is 19.4 Å².